The molecule has 1 aromatic heterocycles. The molecular weight excluding hydrogens is 211 g/mol. The van der Waals surface area contributed by atoms with Crippen LogP contribution in [0.3, 0.4) is 0 Å². The summed E-state index contributed by atoms with van der Waals surface area (Å²) in [6, 6.07) is 4.03. The molecule has 0 fully saturated rings. The fourth-order valence-electron chi connectivity index (χ4n) is 1.38. The van der Waals surface area contributed by atoms with E-state index in [1.807, 2.05) is 0 Å². The number of rotatable bonds is 3. The second kappa shape index (κ2) is 4.57. The van der Waals surface area contributed by atoms with Crippen molar-refractivity contribution >= 4 is 5.91 Å². The van der Waals surface area contributed by atoms with Crippen LogP contribution in [0, 0.1) is 5.95 Å². The van der Waals surface area contributed by atoms with E-state index in [4.69, 9.17) is 0 Å². The van der Waals surface area contributed by atoms with Gasteiger partial charge in [-0.2, -0.15) is 4.39 Å². The van der Waals surface area contributed by atoms with Gasteiger partial charge in [0, 0.05) is 13.6 Å². The molecule has 4 nitrogen and oxygen atoms in total. The van der Waals surface area contributed by atoms with Gasteiger partial charge in [-0.15, -0.1) is 0 Å². The van der Waals surface area contributed by atoms with Crippen molar-refractivity contribution in [3.05, 3.63) is 29.8 Å². The number of aromatic nitrogens is 1. The Morgan fingerprint density at radius 1 is 1.56 bits per heavy atom. The molecule has 1 heterocycles. The first kappa shape index (κ1) is 12.6. The van der Waals surface area contributed by atoms with Gasteiger partial charge in [-0.05, 0) is 26.0 Å². The number of amides is 1. The molecule has 0 bridgehead atoms. The van der Waals surface area contributed by atoms with Gasteiger partial charge in [0.1, 0.15) is 5.69 Å². The molecule has 0 aliphatic carbocycles. The minimum absolute atomic E-state index is 0.0340. The molecule has 0 radical (unpaired) electrons. The predicted molar refractivity (Wildman–Crippen MR) is 57.5 cm³/mol. The quantitative estimate of drug-likeness (QED) is 0.784. The van der Waals surface area contributed by atoms with Crippen molar-refractivity contribution in [2.24, 2.45) is 0 Å². The Morgan fingerprint density at radius 2 is 2.19 bits per heavy atom. The van der Waals surface area contributed by atoms with Crippen molar-refractivity contribution in [3.63, 3.8) is 0 Å². The summed E-state index contributed by atoms with van der Waals surface area (Å²) >= 11 is 0. The smallest absolute Gasteiger partial charge is 0.272 e. The fourth-order valence-corrected chi connectivity index (χ4v) is 1.38. The molecule has 0 aromatic carbocycles. The third kappa shape index (κ3) is 3.58. The van der Waals surface area contributed by atoms with E-state index in [-0.39, 0.29) is 12.2 Å². The molecule has 1 amide bonds. The zero-order chi connectivity index (χ0) is 12.3. The first-order valence-corrected chi connectivity index (χ1v) is 4.90. The molecule has 5 heteroatoms. The minimum Gasteiger partial charge on any atom is -0.389 e. The number of likely N-dealkylation sites (N-methyl/N-ethyl adjacent to an activating group) is 1. The van der Waals surface area contributed by atoms with E-state index in [2.05, 4.69) is 4.98 Å². The van der Waals surface area contributed by atoms with Crippen LogP contribution in [0.4, 0.5) is 4.39 Å². The van der Waals surface area contributed by atoms with Crippen LogP contribution in [0.2, 0.25) is 0 Å². The summed E-state index contributed by atoms with van der Waals surface area (Å²) in [5.41, 5.74) is -0.954. The van der Waals surface area contributed by atoms with Gasteiger partial charge >= 0.3 is 0 Å². The van der Waals surface area contributed by atoms with Crippen LogP contribution < -0.4 is 0 Å². The Morgan fingerprint density at radius 3 is 2.69 bits per heavy atom. The maximum atomic E-state index is 12.8. The van der Waals surface area contributed by atoms with Crippen LogP contribution in [0.25, 0.3) is 0 Å². The van der Waals surface area contributed by atoms with Crippen molar-refractivity contribution in [1.29, 1.82) is 0 Å². The van der Waals surface area contributed by atoms with Gasteiger partial charge in [0.05, 0.1) is 5.60 Å². The normalized spacial score (nSPS) is 11.3. The molecule has 0 spiro atoms. The van der Waals surface area contributed by atoms with Crippen molar-refractivity contribution in [1.82, 2.24) is 9.88 Å². The highest BCUT2D eigenvalue weighted by Crippen LogP contribution is 2.07. The second-order valence-electron chi connectivity index (χ2n) is 4.32. The van der Waals surface area contributed by atoms with E-state index in [1.165, 1.54) is 30.1 Å². The summed E-state index contributed by atoms with van der Waals surface area (Å²) < 4.78 is 12.8. The van der Waals surface area contributed by atoms with E-state index in [1.54, 1.807) is 13.8 Å². The first-order valence-electron chi connectivity index (χ1n) is 4.90. The molecule has 0 aliphatic rings. The lowest BCUT2D eigenvalue weighted by Crippen LogP contribution is -2.40. The summed E-state index contributed by atoms with van der Waals surface area (Å²) in [4.78, 5) is 16.6. The lowest BCUT2D eigenvalue weighted by Gasteiger charge is -2.25. The average Bonchev–Trinajstić information content (AvgIpc) is 2.14. The fraction of sp³-hybridized carbons (Fsp3) is 0.455. The lowest BCUT2D eigenvalue weighted by atomic mass is 10.1. The van der Waals surface area contributed by atoms with E-state index in [9.17, 15) is 14.3 Å². The average molecular weight is 226 g/mol. The molecule has 0 unspecified atom stereocenters. The molecule has 0 atom stereocenters. The molecule has 1 N–H and O–H groups in total. The number of hydrogen-bond acceptors (Lipinski definition) is 3. The topological polar surface area (TPSA) is 53.4 Å². The molecule has 1 rings (SSSR count). The zero-order valence-electron chi connectivity index (χ0n) is 9.57. The Balaban J connectivity index is 2.78. The lowest BCUT2D eigenvalue weighted by molar-refractivity contribution is 0.0364. The van der Waals surface area contributed by atoms with Gasteiger partial charge in [-0.25, -0.2) is 4.98 Å². The highest BCUT2D eigenvalue weighted by molar-refractivity contribution is 5.92. The van der Waals surface area contributed by atoms with E-state index < -0.39 is 17.5 Å². The number of carbonyl (C=O) groups is 1. The summed E-state index contributed by atoms with van der Waals surface area (Å²) in [6.45, 7) is 3.34. The molecule has 0 saturated heterocycles. The maximum Gasteiger partial charge on any atom is 0.272 e. The molecular formula is C11H15FN2O2. The van der Waals surface area contributed by atoms with E-state index in [0.717, 1.165) is 0 Å². The van der Waals surface area contributed by atoms with Crippen LogP contribution in [-0.2, 0) is 0 Å². The number of pyridine rings is 1. The number of halogens is 1. The van der Waals surface area contributed by atoms with Crippen LogP contribution in [-0.4, -0.2) is 40.1 Å². The summed E-state index contributed by atoms with van der Waals surface area (Å²) in [5.74, 6) is -1.11. The van der Waals surface area contributed by atoms with Crippen molar-refractivity contribution < 1.29 is 14.3 Å². The monoisotopic (exact) mass is 226 g/mol. The number of aliphatic hydroxyl groups is 1. The first-order chi connectivity index (χ1) is 7.29. The van der Waals surface area contributed by atoms with Gasteiger partial charge in [0.25, 0.3) is 5.91 Å². The molecule has 1 aromatic rings. The van der Waals surface area contributed by atoms with Crippen molar-refractivity contribution in [3.8, 4) is 0 Å². The number of carbonyl (C=O) groups excluding carboxylic acids is 1. The van der Waals surface area contributed by atoms with E-state index >= 15 is 0 Å². The third-order valence-electron chi connectivity index (χ3n) is 1.91. The molecule has 0 saturated carbocycles. The number of hydrogen-bond donors (Lipinski definition) is 1. The van der Waals surface area contributed by atoms with Gasteiger partial charge in [-0.1, -0.05) is 6.07 Å². The van der Waals surface area contributed by atoms with Crippen molar-refractivity contribution in [2.75, 3.05) is 13.6 Å². The third-order valence-corrected chi connectivity index (χ3v) is 1.91. The minimum atomic E-state index is -0.988. The Kier molecular flexibility index (Phi) is 3.59. The van der Waals surface area contributed by atoms with Crippen LogP contribution >= 0.6 is 0 Å². The van der Waals surface area contributed by atoms with Gasteiger partial charge in [-0.3, -0.25) is 4.79 Å². The SMILES string of the molecule is CN(CC(C)(C)O)C(=O)c1cccc(F)n1. The highest BCUT2D eigenvalue weighted by Gasteiger charge is 2.21. The van der Waals surface area contributed by atoms with Crippen LogP contribution in [0.5, 0.6) is 0 Å². The second-order valence-corrected chi connectivity index (χ2v) is 4.32. The Bertz CT molecular complexity index is 388. The summed E-state index contributed by atoms with van der Waals surface area (Å²) in [7, 11) is 1.53. The van der Waals surface area contributed by atoms with Gasteiger partial charge in [0.15, 0.2) is 0 Å². The number of nitrogens with zero attached hydrogens (tertiary/aromatic N) is 2. The van der Waals surface area contributed by atoms with E-state index in [0.29, 0.717) is 0 Å². The zero-order valence-corrected chi connectivity index (χ0v) is 9.57. The maximum absolute atomic E-state index is 12.8. The summed E-state index contributed by atoms with van der Waals surface area (Å²) in [6.07, 6.45) is 0. The predicted octanol–water partition coefficient (Wildman–Crippen LogP) is 1.06. The Hall–Kier alpha value is -1.49. The Labute approximate surface area is 93.7 Å². The van der Waals surface area contributed by atoms with Crippen LogP contribution in [0.1, 0.15) is 24.3 Å². The molecule has 0 aliphatic heterocycles. The molecule has 16 heavy (non-hydrogen) atoms. The largest absolute Gasteiger partial charge is 0.389 e. The summed E-state index contributed by atoms with van der Waals surface area (Å²) in [5, 5.41) is 9.55. The van der Waals surface area contributed by atoms with Gasteiger partial charge < -0.3 is 10.0 Å². The van der Waals surface area contributed by atoms with Crippen molar-refractivity contribution in [2.45, 2.75) is 19.4 Å². The standard InChI is InChI=1S/C11H15FN2O2/c1-11(2,16)7-14(3)10(15)8-5-4-6-9(12)13-8/h4-6,16H,7H2,1-3H3. The van der Waals surface area contributed by atoms with Gasteiger partial charge in [0.2, 0.25) is 5.95 Å². The molecule has 88 valence electrons. The highest BCUT2D eigenvalue weighted by atomic mass is 19.1. The van der Waals surface area contributed by atoms with Crippen LogP contribution in [0.15, 0.2) is 18.2 Å².